The van der Waals surface area contributed by atoms with E-state index in [9.17, 15) is 0 Å². The van der Waals surface area contributed by atoms with Crippen LogP contribution in [0.3, 0.4) is 0 Å². The van der Waals surface area contributed by atoms with Crippen LogP contribution in [0.2, 0.25) is 0 Å². The molecule has 0 aliphatic carbocycles. The van der Waals surface area contributed by atoms with Gasteiger partial charge in [0, 0.05) is 18.6 Å². The monoisotopic (exact) mass is 265 g/mol. The van der Waals surface area contributed by atoms with Crippen LogP contribution in [-0.4, -0.2) is 42.1 Å². The number of benzene rings is 1. The van der Waals surface area contributed by atoms with Gasteiger partial charge >= 0.3 is 0 Å². The van der Waals surface area contributed by atoms with E-state index in [1.807, 2.05) is 0 Å². The van der Waals surface area contributed by atoms with Gasteiger partial charge in [-0.25, -0.2) is 0 Å². The van der Waals surface area contributed by atoms with E-state index in [1.165, 1.54) is 21.8 Å². The molecule has 1 fully saturated rings. The molecule has 18 heavy (non-hydrogen) atoms. The second kappa shape index (κ2) is 6.00. The highest BCUT2D eigenvalue weighted by atomic mass is 32.1. The first-order valence-electron chi connectivity index (χ1n) is 6.53. The van der Waals surface area contributed by atoms with E-state index >= 15 is 0 Å². The Kier molecular flexibility index (Phi) is 4.60. The molecule has 0 spiro atoms. The van der Waals surface area contributed by atoms with Crippen LogP contribution in [0.4, 0.5) is 0 Å². The van der Waals surface area contributed by atoms with Crippen molar-refractivity contribution in [1.29, 1.82) is 0 Å². The largest absolute Gasteiger partial charge is 0.379 e. The summed E-state index contributed by atoms with van der Waals surface area (Å²) in [6, 6.07) is 8.78. The predicted octanol–water partition coefficient (Wildman–Crippen LogP) is 2.73. The van der Waals surface area contributed by atoms with Crippen molar-refractivity contribution in [1.82, 2.24) is 4.90 Å². The Labute approximate surface area is 114 Å². The van der Waals surface area contributed by atoms with Crippen LogP contribution < -0.4 is 0 Å². The molecule has 3 heteroatoms. The number of aryl methyl sites for hydroxylation is 1. The Balaban J connectivity index is 2.04. The van der Waals surface area contributed by atoms with Crippen LogP contribution in [0.5, 0.6) is 0 Å². The summed E-state index contributed by atoms with van der Waals surface area (Å²) >= 11 is 1.30. The molecule has 1 saturated heterocycles. The van der Waals surface area contributed by atoms with Gasteiger partial charge < -0.3 is 4.74 Å². The molecule has 1 aromatic rings. The highest BCUT2D eigenvalue weighted by Gasteiger charge is 2.25. The van der Waals surface area contributed by atoms with Gasteiger partial charge in [-0.3, -0.25) is 4.90 Å². The number of thiol groups is 1. The van der Waals surface area contributed by atoms with Crippen molar-refractivity contribution in [2.75, 3.05) is 26.3 Å². The Morgan fingerprint density at radius 3 is 2.39 bits per heavy atom. The third-order valence-electron chi connectivity index (χ3n) is 3.39. The van der Waals surface area contributed by atoms with Gasteiger partial charge in [0.05, 0.1) is 13.2 Å². The van der Waals surface area contributed by atoms with Crippen molar-refractivity contribution < 1.29 is 4.74 Å². The molecule has 0 atom stereocenters. The Bertz CT molecular complexity index is 405. The number of rotatable bonds is 3. The predicted molar refractivity (Wildman–Crippen MR) is 81.0 cm³/mol. The molecule has 0 radical (unpaired) electrons. The quantitative estimate of drug-likeness (QED) is 0.666. The smallest absolute Gasteiger partial charge is 0.0594 e. The van der Waals surface area contributed by atoms with Crippen molar-refractivity contribution >= 4 is 16.7 Å². The van der Waals surface area contributed by atoms with E-state index in [2.05, 4.69) is 55.3 Å². The third-order valence-corrected chi connectivity index (χ3v) is 4.75. The summed E-state index contributed by atoms with van der Waals surface area (Å²) in [6.07, 6.45) is 0. The molecular weight excluding hydrogens is 242 g/mol. The standard InChI is InChI=1S/C15H23NOS/c1-13-4-6-14(7-5-13)18-12-15(2,3)16-8-10-17-11-9-16/h4-7,12,18H,8-11H2,1-3H3. The van der Waals surface area contributed by atoms with Crippen molar-refractivity contribution in [2.24, 2.45) is 0 Å². The third kappa shape index (κ3) is 3.67. The highest BCUT2D eigenvalue weighted by molar-refractivity contribution is 7.97. The lowest BCUT2D eigenvalue weighted by Gasteiger charge is -2.38. The van der Waals surface area contributed by atoms with Crippen molar-refractivity contribution in [3.8, 4) is 0 Å². The fraction of sp³-hybridized carbons (Fsp3) is 0.533. The van der Waals surface area contributed by atoms with Gasteiger partial charge in [-0.05, 0) is 43.2 Å². The molecule has 1 aliphatic heterocycles. The van der Waals surface area contributed by atoms with E-state index in [1.54, 1.807) is 0 Å². The molecule has 0 aromatic heterocycles. The first kappa shape index (κ1) is 13.8. The summed E-state index contributed by atoms with van der Waals surface area (Å²) in [5.41, 5.74) is 1.46. The molecule has 2 nitrogen and oxygen atoms in total. The maximum absolute atomic E-state index is 5.41. The Morgan fingerprint density at radius 1 is 1.17 bits per heavy atom. The molecule has 0 bridgehead atoms. The molecule has 0 N–H and O–H groups in total. The normalized spacial score (nSPS) is 18.8. The van der Waals surface area contributed by atoms with Gasteiger partial charge in [0.25, 0.3) is 0 Å². The molecule has 1 aliphatic rings. The zero-order valence-corrected chi connectivity index (χ0v) is 12.4. The van der Waals surface area contributed by atoms with E-state index in [-0.39, 0.29) is 5.54 Å². The fourth-order valence-corrected chi connectivity index (χ4v) is 3.03. The minimum absolute atomic E-state index is 0.135. The first-order chi connectivity index (χ1) is 8.58. The van der Waals surface area contributed by atoms with Gasteiger partial charge in [0.1, 0.15) is 0 Å². The van der Waals surface area contributed by atoms with Crippen molar-refractivity contribution in [3.63, 3.8) is 0 Å². The summed E-state index contributed by atoms with van der Waals surface area (Å²) in [6.45, 7) is 10.5. The zero-order chi connectivity index (χ0) is 13.0. The maximum Gasteiger partial charge on any atom is 0.0594 e. The zero-order valence-electron chi connectivity index (χ0n) is 11.5. The summed E-state index contributed by atoms with van der Waals surface area (Å²) in [4.78, 5) is 3.86. The summed E-state index contributed by atoms with van der Waals surface area (Å²) in [5.74, 6) is 0. The van der Waals surface area contributed by atoms with Crippen molar-refractivity contribution in [3.05, 3.63) is 29.8 Å². The second-order valence-corrected chi connectivity index (χ2v) is 6.38. The summed E-state index contributed by atoms with van der Waals surface area (Å²) < 4.78 is 5.41. The average Bonchev–Trinajstić information content (AvgIpc) is 2.39. The van der Waals surface area contributed by atoms with Gasteiger partial charge in [-0.1, -0.05) is 17.7 Å². The first-order valence-corrected chi connectivity index (χ1v) is 7.49. The molecule has 1 aromatic carbocycles. The van der Waals surface area contributed by atoms with Crippen LogP contribution in [0.1, 0.15) is 19.4 Å². The van der Waals surface area contributed by atoms with E-state index in [0.717, 1.165) is 26.3 Å². The lowest BCUT2D eigenvalue weighted by atomic mass is 10.1. The molecule has 0 unspecified atom stereocenters. The lowest BCUT2D eigenvalue weighted by Crippen LogP contribution is -2.50. The minimum Gasteiger partial charge on any atom is -0.379 e. The molecule has 100 valence electrons. The molecule has 0 amide bonds. The summed E-state index contributed by atoms with van der Waals surface area (Å²) in [5, 5.41) is 2.39. The topological polar surface area (TPSA) is 12.5 Å². The Morgan fingerprint density at radius 2 is 1.78 bits per heavy atom. The van der Waals surface area contributed by atoms with Crippen LogP contribution in [0, 0.1) is 6.92 Å². The van der Waals surface area contributed by atoms with E-state index < -0.39 is 0 Å². The van der Waals surface area contributed by atoms with Crippen LogP contribution >= 0.6 is 11.4 Å². The second-order valence-electron chi connectivity index (χ2n) is 5.35. The Hall–Kier alpha value is -0.640. The maximum atomic E-state index is 5.41. The minimum atomic E-state index is 0.135. The fourth-order valence-electron chi connectivity index (χ4n) is 2.08. The van der Waals surface area contributed by atoms with Crippen LogP contribution in [0.15, 0.2) is 29.2 Å². The van der Waals surface area contributed by atoms with Gasteiger partial charge in [0.15, 0.2) is 0 Å². The lowest BCUT2D eigenvalue weighted by molar-refractivity contribution is 0.0118. The number of hydrogen-bond donors (Lipinski definition) is 1. The molecule has 1 heterocycles. The average molecular weight is 265 g/mol. The van der Waals surface area contributed by atoms with Crippen LogP contribution in [0.25, 0.3) is 0 Å². The molecule has 0 saturated carbocycles. The van der Waals surface area contributed by atoms with Gasteiger partial charge in [-0.15, -0.1) is 0 Å². The number of morpholine rings is 1. The molecular formula is C15H23NOS. The number of ether oxygens (including phenoxy) is 1. The van der Waals surface area contributed by atoms with Crippen molar-refractivity contribution in [2.45, 2.75) is 31.2 Å². The van der Waals surface area contributed by atoms with E-state index in [0.29, 0.717) is 0 Å². The van der Waals surface area contributed by atoms with Crippen LogP contribution in [-0.2, 0) is 4.74 Å². The SMILES string of the molecule is Cc1ccc([SH]=CC(C)(C)N2CCOCC2)cc1. The number of nitrogens with zero attached hydrogens (tertiary/aromatic N) is 1. The van der Waals surface area contributed by atoms with Gasteiger partial charge in [-0.2, -0.15) is 11.4 Å². The van der Waals surface area contributed by atoms with E-state index in [4.69, 9.17) is 4.74 Å². The highest BCUT2D eigenvalue weighted by Crippen LogP contribution is 2.18. The summed E-state index contributed by atoms with van der Waals surface area (Å²) in [7, 11) is 0. The molecule has 2 rings (SSSR count). The van der Waals surface area contributed by atoms with Gasteiger partial charge in [0.2, 0.25) is 0 Å². The number of hydrogen-bond acceptors (Lipinski definition) is 2.